The van der Waals surface area contributed by atoms with E-state index < -0.39 is 6.10 Å². The third kappa shape index (κ3) is 6.23. The van der Waals surface area contributed by atoms with Crippen molar-refractivity contribution in [3.63, 3.8) is 0 Å². The van der Waals surface area contributed by atoms with Gasteiger partial charge in [-0.1, -0.05) is 50.1 Å². The number of aliphatic hydroxyl groups is 1. The van der Waals surface area contributed by atoms with E-state index in [-0.39, 0.29) is 11.9 Å². The van der Waals surface area contributed by atoms with E-state index in [9.17, 15) is 9.90 Å². The van der Waals surface area contributed by atoms with Crippen LogP contribution < -0.4 is 5.32 Å². The van der Waals surface area contributed by atoms with Crippen LogP contribution in [0, 0.1) is 0 Å². The van der Waals surface area contributed by atoms with E-state index in [2.05, 4.69) is 17.1 Å². The van der Waals surface area contributed by atoms with Crippen molar-refractivity contribution in [3.05, 3.63) is 35.9 Å². The first kappa shape index (κ1) is 18.9. The van der Waals surface area contributed by atoms with Gasteiger partial charge in [-0.05, 0) is 12.0 Å². The molecule has 5 heteroatoms. The van der Waals surface area contributed by atoms with Crippen LogP contribution in [0.5, 0.6) is 0 Å². The third-order valence-corrected chi connectivity index (χ3v) is 4.43. The van der Waals surface area contributed by atoms with Crippen molar-refractivity contribution < 1.29 is 14.6 Å². The predicted molar refractivity (Wildman–Crippen MR) is 94.7 cm³/mol. The van der Waals surface area contributed by atoms with Crippen molar-refractivity contribution in [1.82, 2.24) is 10.2 Å². The fourth-order valence-electron chi connectivity index (χ4n) is 2.98. The Morgan fingerprint density at radius 2 is 1.96 bits per heavy atom. The highest BCUT2D eigenvalue weighted by molar-refractivity contribution is 5.76. The van der Waals surface area contributed by atoms with Crippen LogP contribution in [0.25, 0.3) is 0 Å². The molecule has 134 valence electrons. The Morgan fingerprint density at radius 1 is 1.25 bits per heavy atom. The lowest BCUT2D eigenvalue weighted by atomic mass is 10.0. The van der Waals surface area contributed by atoms with Gasteiger partial charge in [0.25, 0.3) is 0 Å². The van der Waals surface area contributed by atoms with E-state index in [0.29, 0.717) is 26.2 Å². The number of carbonyl (C=O) groups excluding carboxylic acids is 1. The van der Waals surface area contributed by atoms with Crippen LogP contribution in [0.1, 0.15) is 44.3 Å². The van der Waals surface area contributed by atoms with E-state index in [1.165, 1.54) is 0 Å². The molecule has 0 radical (unpaired) electrons. The minimum absolute atomic E-state index is 0.0247. The molecule has 2 rings (SSSR count). The Hall–Kier alpha value is -1.43. The first-order valence-corrected chi connectivity index (χ1v) is 9.03. The van der Waals surface area contributed by atoms with Gasteiger partial charge in [0.05, 0.1) is 19.3 Å². The highest BCUT2D eigenvalue weighted by atomic mass is 16.5. The Morgan fingerprint density at radius 3 is 2.62 bits per heavy atom. The van der Waals surface area contributed by atoms with Gasteiger partial charge in [0.15, 0.2) is 0 Å². The van der Waals surface area contributed by atoms with E-state index in [4.69, 9.17) is 4.74 Å². The summed E-state index contributed by atoms with van der Waals surface area (Å²) in [4.78, 5) is 14.5. The molecule has 0 aliphatic carbocycles. The molecule has 0 aromatic heterocycles. The second-order valence-electron chi connectivity index (χ2n) is 6.40. The van der Waals surface area contributed by atoms with Gasteiger partial charge in [-0.3, -0.25) is 9.69 Å². The van der Waals surface area contributed by atoms with Crippen molar-refractivity contribution in [2.24, 2.45) is 0 Å². The number of morpholine rings is 1. The van der Waals surface area contributed by atoms with E-state index in [1.807, 2.05) is 30.3 Å². The molecule has 1 heterocycles. The third-order valence-electron chi connectivity index (χ3n) is 4.43. The lowest BCUT2D eigenvalue weighted by Gasteiger charge is -2.33. The number of ether oxygens (including phenoxy) is 1. The normalized spacial score (nSPS) is 18.1. The van der Waals surface area contributed by atoms with E-state index in [0.717, 1.165) is 37.9 Å². The molecular weight excluding hydrogens is 304 g/mol. The maximum absolute atomic E-state index is 12.2. The smallest absolute Gasteiger partial charge is 0.220 e. The van der Waals surface area contributed by atoms with Gasteiger partial charge in [-0.25, -0.2) is 0 Å². The molecule has 0 bridgehead atoms. The van der Waals surface area contributed by atoms with Gasteiger partial charge >= 0.3 is 0 Å². The summed E-state index contributed by atoms with van der Waals surface area (Å²) in [5.74, 6) is 0.0247. The molecule has 2 N–H and O–H groups in total. The number of carbonyl (C=O) groups is 1. The first-order valence-electron chi connectivity index (χ1n) is 9.03. The van der Waals surface area contributed by atoms with Gasteiger partial charge in [-0.15, -0.1) is 0 Å². The SMILES string of the molecule is CCCCCC(=O)NC(CN1CCOCC1)C(O)c1ccccc1. The molecule has 1 aromatic carbocycles. The van der Waals surface area contributed by atoms with E-state index >= 15 is 0 Å². The molecule has 1 aliphatic heterocycles. The molecule has 1 amide bonds. The van der Waals surface area contributed by atoms with Crippen LogP contribution in [-0.4, -0.2) is 54.8 Å². The second-order valence-corrected chi connectivity index (χ2v) is 6.40. The maximum atomic E-state index is 12.2. The lowest BCUT2D eigenvalue weighted by molar-refractivity contribution is -0.123. The van der Waals surface area contributed by atoms with Crippen molar-refractivity contribution in [3.8, 4) is 0 Å². The Kier molecular flexibility index (Phi) is 8.22. The van der Waals surface area contributed by atoms with Crippen molar-refractivity contribution in [1.29, 1.82) is 0 Å². The van der Waals surface area contributed by atoms with Crippen molar-refractivity contribution >= 4 is 5.91 Å². The summed E-state index contributed by atoms with van der Waals surface area (Å²) in [6.07, 6.45) is 2.87. The zero-order valence-electron chi connectivity index (χ0n) is 14.6. The predicted octanol–water partition coefficient (Wildman–Crippen LogP) is 2.12. The number of hydrogen-bond acceptors (Lipinski definition) is 4. The van der Waals surface area contributed by atoms with Crippen LogP contribution in [0.4, 0.5) is 0 Å². The zero-order valence-corrected chi connectivity index (χ0v) is 14.6. The minimum atomic E-state index is -0.704. The molecule has 5 nitrogen and oxygen atoms in total. The molecule has 1 saturated heterocycles. The largest absolute Gasteiger partial charge is 0.386 e. The zero-order chi connectivity index (χ0) is 17.2. The average Bonchev–Trinajstić information content (AvgIpc) is 2.62. The number of amides is 1. The number of nitrogens with zero attached hydrogens (tertiary/aromatic N) is 1. The summed E-state index contributed by atoms with van der Waals surface area (Å²) >= 11 is 0. The summed E-state index contributed by atoms with van der Waals surface area (Å²) in [5, 5.41) is 13.8. The van der Waals surface area contributed by atoms with Gasteiger partial charge in [-0.2, -0.15) is 0 Å². The first-order chi connectivity index (χ1) is 11.7. The Bertz CT molecular complexity index is 475. The number of nitrogens with one attached hydrogen (secondary N) is 1. The summed E-state index contributed by atoms with van der Waals surface area (Å²) in [6.45, 7) is 5.85. The Balaban J connectivity index is 1.98. The molecule has 0 spiro atoms. The van der Waals surface area contributed by atoms with Crippen LogP contribution in [0.3, 0.4) is 0 Å². The molecule has 2 atom stereocenters. The van der Waals surface area contributed by atoms with Crippen LogP contribution in [0.15, 0.2) is 30.3 Å². The number of benzene rings is 1. The highest BCUT2D eigenvalue weighted by Crippen LogP contribution is 2.18. The van der Waals surface area contributed by atoms with Gasteiger partial charge in [0, 0.05) is 26.1 Å². The summed E-state index contributed by atoms with van der Waals surface area (Å²) in [5.41, 5.74) is 0.838. The molecule has 24 heavy (non-hydrogen) atoms. The number of hydrogen-bond donors (Lipinski definition) is 2. The van der Waals surface area contributed by atoms with Crippen LogP contribution in [0.2, 0.25) is 0 Å². The molecular formula is C19H30N2O3. The second kappa shape index (κ2) is 10.4. The van der Waals surface area contributed by atoms with Gasteiger partial charge < -0.3 is 15.2 Å². The number of aliphatic hydroxyl groups excluding tert-OH is 1. The molecule has 1 fully saturated rings. The van der Waals surface area contributed by atoms with Crippen LogP contribution in [-0.2, 0) is 9.53 Å². The topological polar surface area (TPSA) is 61.8 Å². The maximum Gasteiger partial charge on any atom is 0.220 e. The van der Waals surface area contributed by atoms with Gasteiger partial charge in [0.2, 0.25) is 5.91 Å². The molecule has 1 aromatic rings. The van der Waals surface area contributed by atoms with Crippen LogP contribution >= 0.6 is 0 Å². The van der Waals surface area contributed by atoms with Gasteiger partial charge in [0.1, 0.15) is 6.10 Å². The van der Waals surface area contributed by atoms with Crippen molar-refractivity contribution in [2.45, 2.75) is 44.8 Å². The number of unbranched alkanes of at least 4 members (excludes halogenated alkanes) is 2. The lowest BCUT2D eigenvalue weighted by Crippen LogP contribution is -2.49. The number of rotatable bonds is 9. The highest BCUT2D eigenvalue weighted by Gasteiger charge is 2.25. The van der Waals surface area contributed by atoms with E-state index in [1.54, 1.807) is 0 Å². The fourth-order valence-corrected chi connectivity index (χ4v) is 2.98. The quantitative estimate of drug-likeness (QED) is 0.679. The summed E-state index contributed by atoms with van der Waals surface area (Å²) in [6, 6.07) is 9.25. The van der Waals surface area contributed by atoms with Crippen molar-refractivity contribution in [2.75, 3.05) is 32.8 Å². The monoisotopic (exact) mass is 334 g/mol. The summed E-state index contributed by atoms with van der Waals surface area (Å²) in [7, 11) is 0. The Labute approximate surface area is 145 Å². The molecule has 0 saturated carbocycles. The minimum Gasteiger partial charge on any atom is -0.386 e. The average molecular weight is 334 g/mol. The molecule has 2 unspecified atom stereocenters. The molecule has 1 aliphatic rings. The fraction of sp³-hybridized carbons (Fsp3) is 0.632. The summed E-state index contributed by atoms with van der Waals surface area (Å²) < 4.78 is 5.38. The standard InChI is InChI=1S/C19H30N2O3/c1-2-3-5-10-18(22)20-17(15-21-11-13-24-14-12-21)19(23)16-8-6-4-7-9-16/h4,6-9,17,19,23H,2-3,5,10-15H2,1H3,(H,20,22).